The van der Waals surface area contributed by atoms with Crippen molar-refractivity contribution in [2.24, 2.45) is 0 Å². The summed E-state index contributed by atoms with van der Waals surface area (Å²) in [5.41, 5.74) is 1.55. The summed E-state index contributed by atoms with van der Waals surface area (Å²) < 4.78 is 11.4. The first-order valence-corrected chi connectivity index (χ1v) is 8.98. The summed E-state index contributed by atoms with van der Waals surface area (Å²) >= 11 is 18.4. The number of rotatable bonds is 9. The molecule has 0 aliphatic carbocycles. The van der Waals surface area contributed by atoms with Gasteiger partial charge in [0.2, 0.25) is 0 Å². The van der Waals surface area contributed by atoms with E-state index < -0.39 is 5.97 Å². The lowest BCUT2D eigenvalue weighted by Crippen LogP contribution is -2.21. The number of carboxylic acids is 1. The predicted molar refractivity (Wildman–Crippen MR) is 103 cm³/mol. The van der Waals surface area contributed by atoms with Gasteiger partial charge in [0.15, 0.2) is 11.5 Å². The first-order chi connectivity index (χ1) is 12.4. The minimum Gasteiger partial charge on any atom is -0.490 e. The van der Waals surface area contributed by atoms with Crippen LogP contribution in [0, 0.1) is 0 Å². The molecule has 2 N–H and O–H groups in total. The zero-order valence-electron chi connectivity index (χ0n) is 14.0. The van der Waals surface area contributed by atoms with Gasteiger partial charge in [0.1, 0.15) is 6.61 Å². The number of aliphatic carboxylic acids is 1. The van der Waals surface area contributed by atoms with Crippen LogP contribution in [0.3, 0.4) is 0 Å². The summed E-state index contributed by atoms with van der Waals surface area (Å²) in [4.78, 5) is 10.6. The van der Waals surface area contributed by atoms with Gasteiger partial charge in [-0.15, -0.1) is 0 Å². The zero-order valence-corrected chi connectivity index (χ0v) is 16.3. The molecule has 2 rings (SSSR count). The Kier molecular flexibility index (Phi) is 7.85. The smallest absolute Gasteiger partial charge is 0.317 e. The van der Waals surface area contributed by atoms with Crippen molar-refractivity contribution < 1.29 is 19.4 Å². The molecule has 5 nitrogen and oxygen atoms in total. The van der Waals surface area contributed by atoms with E-state index in [1.807, 2.05) is 6.92 Å². The van der Waals surface area contributed by atoms with Crippen molar-refractivity contribution in [1.29, 1.82) is 0 Å². The van der Waals surface area contributed by atoms with Crippen LogP contribution in [0.2, 0.25) is 15.1 Å². The van der Waals surface area contributed by atoms with Crippen molar-refractivity contribution >= 4 is 40.8 Å². The standard InChI is InChI=1S/C18H18Cl3NO4/c1-2-25-16-6-11(8-22-9-17(23)24)5-15(21)18(16)26-10-12-3-4-13(19)7-14(12)20/h3-7,22H,2,8-10H2,1H3,(H,23,24). The van der Waals surface area contributed by atoms with Gasteiger partial charge in [-0.3, -0.25) is 4.79 Å². The first kappa shape index (κ1) is 20.6. The second kappa shape index (κ2) is 9.88. The summed E-state index contributed by atoms with van der Waals surface area (Å²) in [5, 5.41) is 12.9. The number of halogens is 3. The molecule has 140 valence electrons. The predicted octanol–water partition coefficient (Wildman–Crippen LogP) is 4.80. The second-order valence-corrected chi connectivity index (χ2v) is 6.61. The summed E-state index contributed by atoms with van der Waals surface area (Å²) in [6.07, 6.45) is 0. The molecule has 0 unspecified atom stereocenters. The Morgan fingerprint density at radius 3 is 2.54 bits per heavy atom. The Bertz CT molecular complexity index is 783. The van der Waals surface area contributed by atoms with E-state index in [2.05, 4.69) is 5.32 Å². The molecule has 0 radical (unpaired) electrons. The number of nitrogens with one attached hydrogen (secondary N) is 1. The number of carboxylic acid groups (broad SMARTS) is 1. The van der Waals surface area contributed by atoms with Crippen LogP contribution in [-0.2, 0) is 17.9 Å². The molecular weight excluding hydrogens is 401 g/mol. The van der Waals surface area contributed by atoms with E-state index in [-0.39, 0.29) is 13.2 Å². The Balaban J connectivity index is 2.16. The Hall–Kier alpha value is -1.66. The van der Waals surface area contributed by atoms with Crippen molar-refractivity contribution in [3.05, 3.63) is 56.5 Å². The maximum Gasteiger partial charge on any atom is 0.317 e. The molecule has 0 saturated carbocycles. The second-order valence-electron chi connectivity index (χ2n) is 5.36. The van der Waals surface area contributed by atoms with E-state index in [4.69, 9.17) is 49.4 Å². The van der Waals surface area contributed by atoms with Crippen LogP contribution in [0.5, 0.6) is 11.5 Å². The lowest BCUT2D eigenvalue weighted by molar-refractivity contribution is -0.135. The topological polar surface area (TPSA) is 67.8 Å². The van der Waals surface area contributed by atoms with Gasteiger partial charge < -0.3 is 19.9 Å². The van der Waals surface area contributed by atoms with Gasteiger partial charge in [0, 0.05) is 22.2 Å². The van der Waals surface area contributed by atoms with Crippen molar-refractivity contribution in [2.75, 3.05) is 13.2 Å². The van der Waals surface area contributed by atoms with E-state index in [1.165, 1.54) is 0 Å². The summed E-state index contributed by atoms with van der Waals surface area (Å²) in [5.74, 6) is -0.0420. The Morgan fingerprint density at radius 1 is 1.12 bits per heavy atom. The summed E-state index contributed by atoms with van der Waals surface area (Å²) in [6, 6.07) is 8.63. The molecule has 0 aliphatic heterocycles. The third-order valence-corrected chi connectivity index (χ3v) is 4.23. The van der Waals surface area contributed by atoms with Crippen LogP contribution in [0.15, 0.2) is 30.3 Å². The highest BCUT2D eigenvalue weighted by molar-refractivity contribution is 6.35. The fourth-order valence-corrected chi connectivity index (χ4v) is 2.98. The molecule has 0 amide bonds. The van der Waals surface area contributed by atoms with Crippen molar-refractivity contribution in [3.8, 4) is 11.5 Å². The molecule has 0 aliphatic rings. The van der Waals surface area contributed by atoms with Gasteiger partial charge in [-0.05, 0) is 36.8 Å². The highest BCUT2D eigenvalue weighted by Crippen LogP contribution is 2.37. The quantitative estimate of drug-likeness (QED) is 0.612. The number of hydrogen-bond acceptors (Lipinski definition) is 4. The maximum absolute atomic E-state index is 10.6. The molecule has 0 heterocycles. The molecule has 2 aromatic rings. The highest BCUT2D eigenvalue weighted by atomic mass is 35.5. The molecule has 0 fully saturated rings. The lowest BCUT2D eigenvalue weighted by Gasteiger charge is -2.16. The van der Waals surface area contributed by atoms with Crippen molar-refractivity contribution in [1.82, 2.24) is 5.32 Å². The summed E-state index contributed by atoms with van der Waals surface area (Å²) in [7, 11) is 0. The average Bonchev–Trinajstić information content (AvgIpc) is 2.55. The minimum absolute atomic E-state index is 0.144. The zero-order chi connectivity index (χ0) is 19.1. The van der Waals surface area contributed by atoms with Gasteiger partial charge in [0.25, 0.3) is 0 Å². The highest BCUT2D eigenvalue weighted by Gasteiger charge is 2.14. The number of ether oxygens (including phenoxy) is 2. The fourth-order valence-electron chi connectivity index (χ4n) is 2.23. The van der Waals surface area contributed by atoms with Gasteiger partial charge in [-0.2, -0.15) is 0 Å². The van der Waals surface area contributed by atoms with Crippen molar-refractivity contribution in [3.63, 3.8) is 0 Å². The van der Waals surface area contributed by atoms with E-state index >= 15 is 0 Å². The van der Waals surface area contributed by atoms with Gasteiger partial charge in [0.05, 0.1) is 18.2 Å². The molecular formula is C18H18Cl3NO4. The number of carbonyl (C=O) groups is 1. The Labute approximate surface area is 166 Å². The molecule has 0 aromatic heterocycles. The third kappa shape index (κ3) is 5.95. The SMILES string of the molecule is CCOc1cc(CNCC(=O)O)cc(Cl)c1OCc1ccc(Cl)cc1Cl. The van der Waals surface area contributed by atoms with Gasteiger partial charge in [-0.1, -0.05) is 40.9 Å². The fraction of sp³-hybridized carbons (Fsp3) is 0.278. The molecule has 0 bridgehead atoms. The molecule has 0 saturated heterocycles. The van der Waals surface area contributed by atoms with Crippen LogP contribution < -0.4 is 14.8 Å². The molecule has 0 spiro atoms. The molecule has 2 aromatic carbocycles. The van der Waals surface area contributed by atoms with E-state index in [1.54, 1.807) is 30.3 Å². The van der Waals surface area contributed by atoms with E-state index in [0.29, 0.717) is 39.7 Å². The molecule has 26 heavy (non-hydrogen) atoms. The van der Waals surface area contributed by atoms with Crippen LogP contribution in [0.4, 0.5) is 0 Å². The van der Waals surface area contributed by atoms with Gasteiger partial charge >= 0.3 is 5.97 Å². The third-order valence-electron chi connectivity index (χ3n) is 3.36. The lowest BCUT2D eigenvalue weighted by atomic mass is 10.2. The number of benzene rings is 2. The molecule has 0 atom stereocenters. The molecule has 8 heteroatoms. The average molecular weight is 419 g/mol. The van der Waals surface area contributed by atoms with E-state index in [9.17, 15) is 4.79 Å². The van der Waals surface area contributed by atoms with Crippen LogP contribution in [0.25, 0.3) is 0 Å². The van der Waals surface area contributed by atoms with Crippen molar-refractivity contribution in [2.45, 2.75) is 20.1 Å². The van der Waals surface area contributed by atoms with Crippen LogP contribution in [0.1, 0.15) is 18.1 Å². The first-order valence-electron chi connectivity index (χ1n) is 7.85. The van der Waals surface area contributed by atoms with Gasteiger partial charge in [-0.25, -0.2) is 0 Å². The normalized spacial score (nSPS) is 10.6. The maximum atomic E-state index is 10.6. The summed E-state index contributed by atoms with van der Waals surface area (Å²) in [6.45, 7) is 2.68. The number of hydrogen-bond donors (Lipinski definition) is 2. The Morgan fingerprint density at radius 2 is 1.88 bits per heavy atom. The van der Waals surface area contributed by atoms with Crippen LogP contribution in [-0.4, -0.2) is 24.2 Å². The van der Waals surface area contributed by atoms with E-state index in [0.717, 1.165) is 11.1 Å². The largest absolute Gasteiger partial charge is 0.490 e. The van der Waals surface area contributed by atoms with Crippen LogP contribution >= 0.6 is 34.8 Å². The monoisotopic (exact) mass is 417 g/mol. The minimum atomic E-state index is -0.930.